The molecule has 0 saturated carbocycles. The highest BCUT2D eigenvalue weighted by molar-refractivity contribution is 7.99. The maximum atomic E-state index is 12.1. The highest BCUT2D eigenvalue weighted by Gasteiger charge is 2.26. The molecule has 29 heavy (non-hydrogen) atoms. The van der Waals surface area contributed by atoms with Crippen LogP contribution in [0.25, 0.3) is 12.2 Å². The number of hydrogen-bond donors (Lipinski definition) is 1. The quantitative estimate of drug-likeness (QED) is 0.451. The standard InChI is InChI=1S/C22H12B4O2S/c1-9-3-5-11-15(7-9)29-21-12(6-4-10(2)19(21)25)16(11)18-17(22(27)28)13(23)8-14(24)20(18)26/h3-8H,1H2,2H3,(H,27,28). The largest absolute Gasteiger partial charge is 0.478 e. The van der Waals surface area contributed by atoms with Crippen molar-refractivity contribution < 1.29 is 9.90 Å². The number of fused-ring (bicyclic) bond motifs is 2. The van der Waals surface area contributed by atoms with E-state index >= 15 is 0 Å². The first kappa shape index (κ1) is 19.8. The molecule has 0 atom stereocenters. The van der Waals surface area contributed by atoms with E-state index in [2.05, 4.69) is 6.58 Å². The minimum Gasteiger partial charge on any atom is -0.478 e. The van der Waals surface area contributed by atoms with Gasteiger partial charge in [-0.15, -0.1) is 5.46 Å². The lowest BCUT2D eigenvalue weighted by Crippen LogP contribution is -2.39. The van der Waals surface area contributed by atoms with Gasteiger partial charge in [-0.2, -0.15) is 0 Å². The highest BCUT2D eigenvalue weighted by Crippen LogP contribution is 2.37. The monoisotopic (exact) mass is 384 g/mol. The molecular formula is C22H12B4O2S. The first-order valence-electron chi connectivity index (χ1n) is 8.82. The molecule has 7 heteroatoms. The molecule has 0 aromatic heterocycles. The summed E-state index contributed by atoms with van der Waals surface area (Å²) in [5, 5.41) is 11.6. The van der Waals surface area contributed by atoms with Crippen molar-refractivity contribution >= 4 is 83.1 Å². The van der Waals surface area contributed by atoms with Crippen molar-refractivity contribution in [1.82, 2.24) is 0 Å². The van der Waals surface area contributed by atoms with Crippen molar-refractivity contribution in [1.29, 1.82) is 0 Å². The summed E-state index contributed by atoms with van der Waals surface area (Å²) in [6.45, 7) is 5.93. The summed E-state index contributed by atoms with van der Waals surface area (Å²) in [7, 11) is 24.8. The molecule has 3 aromatic rings. The molecule has 1 aliphatic heterocycles. The molecule has 4 rings (SSSR count). The van der Waals surface area contributed by atoms with E-state index in [4.69, 9.17) is 31.4 Å². The van der Waals surface area contributed by atoms with Crippen molar-refractivity contribution in [3.63, 3.8) is 0 Å². The average Bonchev–Trinajstić information content (AvgIpc) is 2.66. The van der Waals surface area contributed by atoms with Crippen molar-refractivity contribution in [3.8, 4) is 0 Å². The minimum absolute atomic E-state index is 0.0573. The summed E-state index contributed by atoms with van der Waals surface area (Å²) in [5.74, 6) is -1.17. The van der Waals surface area contributed by atoms with Gasteiger partial charge in [-0.05, 0) is 40.1 Å². The van der Waals surface area contributed by atoms with Crippen LogP contribution in [0.5, 0.6) is 0 Å². The zero-order valence-electron chi connectivity index (χ0n) is 15.7. The molecule has 0 amide bonds. The van der Waals surface area contributed by atoms with Crippen LogP contribution in [0.4, 0.5) is 0 Å². The summed E-state index contributed by atoms with van der Waals surface area (Å²) in [4.78, 5) is 13.9. The minimum atomic E-state index is -1.17. The number of benzene rings is 3. The van der Waals surface area contributed by atoms with Crippen molar-refractivity contribution in [3.05, 3.63) is 69.1 Å². The van der Waals surface area contributed by atoms with Gasteiger partial charge in [-0.1, -0.05) is 70.6 Å². The lowest BCUT2D eigenvalue weighted by atomic mass is 9.69. The molecule has 0 aliphatic carbocycles. The summed E-state index contributed by atoms with van der Waals surface area (Å²) < 4.78 is 0. The second-order valence-corrected chi connectivity index (χ2v) is 8.06. The number of aryl methyl sites for hydroxylation is 1. The van der Waals surface area contributed by atoms with Crippen LogP contribution in [0.2, 0.25) is 0 Å². The van der Waals surface area contributed by atoms with E-state index in [9.17, 15) is 9.90 Å². The Balaban J connectivity index is 2.28. The van der Waals surface area contributed by atoms with E-state index in [1.165, 1.54) is 17.8 Å². The van der Waals surface area contributed by atoms with Crippen molar-refractivity contribution in [2.24, 2.45) is 0 Å². The van der Waals surface area contributed by atoms with Crippen LogP contribution >= 0.6 is 11.8 Å². The van der Waals surface area contributed by atoms with Crippen LogP contribution in [0.3, 0.4) is 0 Å². The fourth-order valence-corrected chi connectivity index (χ4v) is 4.88. The van der Waals surface area contributed by atoms with E-state index < -0.39 is 5.97 Å². The second kappa shape index (κ2) is 7.07. The molecule has 3 aromatic carbocycles. The molecule has 130 valence electrons. The predicted octanol–water partition coefficient (Wildman–Crippen LogP) is -1.01. The molecule has 0 spiro atoms. The van der Waals surface area contributed by atoms with E-state index in [0.29, 0.717) is 16.6 Å². The van der Waals surface area contributed by atoms with E-state index in [1.54, 1.807) is 0 Å². The van der Waals surface area contributed by atoms with Gasteiger partial charge in [0.2, 0.25) is 0 Å². The van der Waals surface area contributed by atoms with E-state index in [-0.39, 0.29) is 22.0 Å². The summed E-state index contributed by atoms with van der Waals surface area (Å²) in [5.41, 5.74) is 3.70. The Bertz CT molecular complexity index is 1330. The maximum Gasteiger partial charge on any atom is 0.335 e. The first-order chi connectivity index (χ1) is 13.7. The zero-order valence-corrected chi connectivity index (χ0v) is 16.6. The third-order valence-electron chi connectivity index (χ3n) is 5.10. The fraction of sp³-hybridized carbons (Fsp3) is 0.0455. The van der Waals surface area contributed by atoms with Gasteiger partial charge in [0.15, 0.2) is 0 Å². The Kier molecular flexibility index (Phi) is 4.82. The van der Waals surface area contributed by atoms with Gasteiger partial charge in [0, 0.05) is 9.79 Å². The maximum absolute atomic E-state index is 12.1. The lowest BCUT2D eigenvalue weighted by molar-refractivity contribution is 0.0698. The van der Waals surface area contributed by atoms with Crippen molar-refractivity contribution in [2.45, 2.75) is 16.7 Å². The summed E-state index contributed by atoms with van der Waals surface area (Å²) in [6, 6.07) is 10.9. The molecular weight excluding hydrogens is 372 g/mol. The van der Waals surface area contributed by atoms with Gasteiger partial charge in [-0.25, -0.2) is 4.79 Å². The molecule has 1 aliphatic rings. The SMILES string of the molecule is [B]c1cc([B])c(C(=O)O)c(C2=c3ccc(=C)cc3Sc3c2ccc(C)c3[B])c1[B]. The molecule has 2 nitrogen and oxygen atoms in total. The molecule has 0 unspecified atom stereocenters. The number of aromatic carboxylic acids is 1. The van der Waals surface area contributed by atoms with Crippen LogP contribution in [-0.4, -0.2) is 42.5 Å². The van der Waals surface area contributed by atoms with Gasteiger partial charge >= 0.3 is 5.97 Å². The Hall–Kier alpha value is -2.52. The van der Waals surface area contributed by atoms with Crippen LogP contribution in [0, 0.1) is 6.92 Å². The summed E-state index contributed by atoms with van der Waals surface area (Å²) >= 11 is 1.53. The molecule has 8 radical (unpaired) electrons. The van der Waals surface area contributed by atoms with Crippen LogP contribution in [0.15, 0.2) is 46.2 Å². The van der Waals surface area contributed by atoms with Crippen LogP contribution in [0.1, 0.15) is 27.0 Å². The van der Waals surface area contributed by atoms with Gasteiger partial charge < -0.3 is 5.11 Å². The van der Waals surface area contributed by atoms with Crippen LogP contribution in [-0.2, 0) is 0 Å². The number of carboxylic acid groups (broad SMARTS) is 1. The fourth-order valence-electron chi connectivity index (χ4n) is 3.62. The molecule has 0 bridgehead atoms. The zero-order chi connectivity index (χ0) is 21.0. The topological polar surface area (TPSA) is 37.3 Å². The van der Waals surface area contributed by atoms with Crippen LogP contribution < -0.4 is 32.3 Å². The van der Waals surface area contributed by atoms with Gasteiger partial charge in [0.25, 0.3) is 0 Å². The number of carboxylic acids is 1. The molecule has 0 saturated heterocycles. The van der Waals surface area contributed by atoms with Crippen molar-refractivity contribution in [2.75, 3.05) is 0 Å². The van der Waals surface area contributed by atoms with Gasteiger partial charge in [-0.3, -0.25) is 0 Å². The Morgan fingerprint density at radius 2 is 1.72 bits per heavy atom. The predicted molar refractivity (Wildman–Crippen MR) is 123 cm³/mol. The molecule has 1 N–H and O–H groups in total. The smallest absolute Gasteiger partial charge is 0.335 e. The third-order valence-corrected chi connectivity index (χ3v) is 6.31. The molecule has 1 heterocycles. The normalized spacial score (nSPS) is 12.4. The Morgan fingerprint density at radius 1 is 1.00 bits per heavy atom. The number of carbonyl (C=O) groups is 1. The first-order valence-corrected chi connectivity index (χ1v) is 9.64. The lowest BCUT2D eigenvalue weighted by Gasteiger charge is -2.26. The average molecular weight is 384 g/mol. The van der Waals surface area contributed by atoms with E-state index in [0.717, 1.165) is 31.4 Å². The second-order valence-electron chi connectivity index (χ2n) is 7.00. The van der Waals surface area contributed by atoms with Gasteiger partial charge in [0.05, 0.1) is 5.56 Å². The number of hydrogen-bond acceptors (Lipinski definition) is 2. The Morgan fingerprint density at radius 3 is 2.41 bits per heavy atom. The Labute approximate surface area is 178 Å². The number of rotatable bonds is 2. The third kappa shape index (κ3) is 3.08. The molecule has 0 fully saturated rings. The van der Waals surface area contributed by atoms with E-state index in [1.807, 2.05) is 37.3 Å². The summed E-state index contributed by atoms with van der Waals surface area (Å²) in [6.07, 6.45) is 0. The highest BCUT2D eigenvalue weighted by atomic mass is 32.2. The van der Waals surface area contributed by atoms with Gasteiger partial charge in [0.1, 0.15) is 31.4 Å².